The Morgan fingerprint density at radius 1 is 1.14 bits per heavy atom. The molecule has 1 aromatic carbocycles. The number of nitrogen functional groups attached to an aromatic ring is 2. The van der Waals surface area contributed by atoms with Crippen LogP contribution in [0.3, 0.4) is 0 Å². The van der Waals surface area contributed by atoms with Crippen molar-refractivity contribution in [2.75, 3.05) is 16.4 Å². The number of H-pyrrole nitrogens is 1. The van der Waals surface area contributed by atoms with Crippen LogP contribution in [0.15, 0.2) is 24.3 Å². The molecule has 0 bridgehead atoms. The highest BCUT2D eigenvalue weighted by Crippen LogP contribution is 2.38. The Balaban J connectivity index is 1.79. The van der Waals surface area contributed by atoms with Crippen LogP contribution in [0.4, 0.5) is 17.6 Å². The van der Waals surface area contributed by atoms with Gasteiger partial charge in [0.15, 0.2) is 5.82 Å². The second-order valence-electron chi connectivity index (χ2n) is 8.72. The van der Waals surface area contributed by atoms with Crippen LogP contribution in [0.1, 0.15) is 40.5 Å². The standard InChI is InChI=1S/C21H28N7/c1-12-6-5-7-17(21(2,3)4)28(12)18-11-15(24-20(23)25-18)13-8-9-14-16(10-13)26-27-19(14)22/h7-12,17H,5-6H2,1-4H3,(H3,22,26,27)(H2,23,24,25)/t12-,17-/m0/s1. The molecule has 147 valence electrons. The van der Waals surface area contributed by atoms with Crippen molar-refractivity contribution >= 4 is 28.5 Å². The minimum Gasteiger partial charge on any atom is -0.382 e. The lowest BCUT2D eigenvalue weighted by Gasteiger charge is -2.47. The second-order valence-corrected chi connectivity index (χ2v) is 8.72. The van der Waals surface area contributed by atoms with E-state index in [4.69, 9.17) is 11.5 Å². The smallest absolute Gasteiger partial charge is 0.222 e. The first-order valence-electron chi connectivity index (χ1n) is 9.74. The van der Waals surface area contributed by atoms with Gasteiger partial charge in [-0.3, -0.25) is 5.10 Å². The molecule has 0 aliphatic carbocycles. The van der Waals surface area contributed by atoms with Gasteiger partial charge >= 0.3 is 0 Å². The number of nitrogens with zero attached hydrogens (tertiary/aromatic N) is 4. The maximum atomic E-state index is 6.12. The highest BCUT2D eigenvalue weighted by molar-refractivity contribution is 5.91. The molecule has 5 N–H and O–H groups in total. The van der Waals surface area contributed by atoms with Crippen molar-refractivity contribution in [2.45, 2.75) is 52.6 Å². The summed E-state index contributed by atoms with van der Waals surface area (Å²) in [5.41, 5.74) is 14.7. The van der Waals surface area contributed by atoms with Gasteiger partial charge in [-0.15, -0.1) is 0 Å². The molecule has 2 atom stereocenters. The van der Waals surface area contributed by atoms with E-state index in [-0.39, 0.29) is 17.4 Å². The van der Waals surface area contributed by atoms with Crippen molar-refractivity contribution in [1.82, 2.24) is 20.2 Å². The number of piperidine rings is 1. The summed E-state index contributed by atoms with van der Waals surface area (Å²) < 4.78 is 0. The van der Waals surface area contributed by atoms with Crippen molar-refractivity contribution < 1.29 is 0 Å². The predicted octanol–water partition coefficient (Wildman–Crippen LogP) is 3.79. The molecule has 0 spiro atoms. The highest BCUT2D eigenvalue weighted by atomic mass is 15.3. The lowest BCUT2D eigenvalue weighted by molar-refractivity contribution is 0.285. The van der Waals surface area contributed by atoms with Gasteiger partial charge in [-0.1, -0.05) is 26.8 Å². The van der Waals surface area contributed by atoms with Crippen LogP contribution >= 0.6 is 0 Å². The van der Waals surface area contributed by atoms with Gasteiger partial charge in [0.1, 0.15) is 5.82 Å². The first-order valence-corrected chi connectivity index (χ1v) is 9.74. The minimum absolute atomic E-state index is 0.0981. The fourth-order valence-electron chi connectivity index (χ4n) is 4.09. The number of nitrogens with two attached hydrogens (primary N) is 2. The van der Waals surface area contributed by atoms with E-state index in [1.807, 2.05) is 24.3 Å². The largest absolute Gasteiger partial charge is 0.382 e. The van der Waals surface area contributed by atoms with Crippen LogP contribution < -0.4 is 16.4 Å². The molecule has 0 saturated carbocycles. The van der Waals surface area contributed by atoms with Crippen molar-refractivity contribution in [2.24, 2.45) is 5.41 Å². The van der Waals surface area contributed by atoms with Crippen molar-refractivity contribution in [3.63, 3.8) is 0 Å². The maximum Gasteiger partial charge on any atom is 0.222 e. The topological polar surface area (TPSA) is 110 Å². The molecule has 1 saturated heterocycles. The molecule has 3 heterocycles. The van der Waals surface area contributed by atoms with E-state index in [9.17, 15) is 0 Å². The van der Waals surface area contributed by atoms with Gasteiger partial charge in [0.2, 0.25) is 5.95 Å². The summed E-state index contributed by atoms with van der Waals surface area (Å²) in [5, 5.41) is 7.93. The molecule has 0 amide bonds. The molecule has 1 aliphatic rings. The number of anilines is 3. The van der Waals surface area contributed by atoms with Gasteiger partial charge in [-0.05, 0) is 43.7 Å². The number of aromatic amines is 1. The quantitative estimate of drug-likeness (QED) is 0.626. The van der Waals surface area contributed by atoms with Crippen molar-refractivity contribution in [1.29, 1.82) is 0 Å². The third kappa shape index (κ3) is 3.25. The predicted molar refractivity (Wildman–Crippen MR) is 115 cm³/mol. The van der Waals surface area contributed by atoms with Crippen LogP contribution in [0, 0.1) is 11.8 Å². The van der Waals surface area contributed by atoms with Gasteiger partial charge in [0, 0.05) is 29.1 Å². The number of hydrogen-bond donors (Lipinski definition) is 3. The summed E-state index contributed by atoms with van der Waals surface area (Å²) in [6.45, 7) is 9.05. The second kappa shape index (κ2) is 6.65. The normalized spacial score (nSPS) is 20.6. The van der Waals surface area contributed by atoms with Crippen LogP contribution in [-0.2, 0) is 0 Å². The van der Waals surface area contributed by atoms with Crippen LogP contribution in [-0.4, -0.2) is 32.2 Å². The van der Waals surface area contributed by atoms with E-state index in [1.54, 1.807) is 0 Å². The molecule has 1 radical (unpaired) electrons. The van der Waals surface area contributed by atoms with Gasteiger partial charge in [0.25, 0.3) is 0 Å². The Hall–Kier alpha value is -2.83. The number of hydrogen-bond acceptors (Lipinski definition) is 6. The Labute approximate surface area is 165 Å². The summed E-state index contributed by atoms with van der Waals surface area (Å²) >= 11 is 0. The van der Waals surface area contributed by atoms with Gasteiger partial charge in [-0.25, -0.2) is 4.98 Å². The zero-order chi connectivity index (χ0) is 20.1. The highest BCUT2D eigenvalue weighted by Gasteiger charge is 2.37. The molecule has 1 fully saturated rings. The molecular formula is C21H28N7. The monoisotopic (exact) mass is 378 g/mol. The Morgan fingerprint density at radius 3 is 2.68 bits per heavy atom. The van der Waals surface area contributed by atoms with E-state index < -0.39 is 0 Å². The molecule has 2 aromatic heterocycles. The first kappa shape index (κ1) is 18.5. The number of fused-ring (bicyclic) bond motifs is 1. The fraction of sp³-hybridized carbons (Fsp3) is 0.429. The van der Waals surface area contributed by atoms with E-state index in [0.29, 0.717) is 11.9 Å². The minimum atomic E-state index is 0.0981. The maximum absolute atomic E-state index is 6.12. The van der Waals surface area contributed by atoms with Gasteiger partial charge in [-0.2, -0.15) is 10.1 Å². The fourth-order valence-corrected chi connectivity index (χ4v) is 4.09. The molecule has 28 heavy (non-hydrogen) atoms. The van der Waals surface area contributed by atoms with Crippen molar-refractivity contribution in [3.8, 4) is 11.3 Å². The number of nitrogens with one attached hydrogen (secondary N) is 1. The SMILES string of the molecule is C[C@H]1CC[CH][C@@H](C(C)(C)C)N1c1cc(-c2ccc3c(N)n[nH]c3c2)nc(N)n1. The zero-order valence-electron chi connectivity index (χ0n) is 16.9. The molecule has 3 aromatic rings. The number of aromatic nitrogens is 4. The molecule has 7 heteroatoms. The number of rotatable bonds is 2. The molecule has 4 rings (SSSR count). The molecular weight excluding hydrogens is 350 g/mol. The van der Waals surface area contributed by atoms with Crippen LogP contribution in [0.2, 0.25) is 0 Å². The molecule has 7 nitrogen and oxygen atoms in total. The van der Waals surface area contributed by atoms with E-state index in [0.717, 1.165) is 40.8 Å². The third-order valence-corrected chi connectivity index (χ3v) is 5.52. The van der Waals surface area contributed by atoms with Crippen molar-refractivity contribution in [3.05, 3.63) is 30.7 Å². The number of benzene rings is 1. The Morgan fingerprint density at radius 2 is 1.93 bits per heavy atom. The molecule has 0 unspecified atom stereocenters. The van der Waals surface area contributed by atoms with E-state index >= 15 is 0 Å². The Bertz CT molecular complexity index is 1000. The summed E-state index contributed by atoms with van der Waals surface area (Å²) in [5.74, 6) is 1.65. The third-order valence-electron chi connectivity index (χ3n) is 5.52. The van der Waals surface area contributed by atoms with Gasteiger partial charge < -0.3 is 16.4 Å². The molecule has 1 aliphatic heterocycles. The lowest BCUT2D eigenvalue weighted by Crippen LogP contribution is -2.52. The average Bonchev–Trinajstić information content (AvgIpc) is 3.00. The first-order chi connectivity index (χ1) is 13.2. The lowest BCUT2D eigenvalue weighted by atomic mass is 9.79. The van der Waals surface area contributed by atoms with Crippen LogP contribution in [0.25, 0.3) is 22.2 Å². The van der Waals surface area contributed by atoms with E-state index in [1.165, 1.54) is 0 Å². The summed E-state index contributed by atoms with van der Waals surface area (Å²) in [6.07, 6.45) is 4.62. The van der Waals surface area contributed by atoms with Gasteiger partial charge in [0.05, 0.1) is 11.2 Å². The Kier molecular flexibility index (Phi) is 4.40. The summed E-state index contributed by atoms with van der Waals surface area (Å²) in [7, 11) is 0. The zero-order valence-corrected chi connectivity index (χ0v) is 16.9. The summed E-state index contributed by atoms with van der Waals surface area (Å²) in [4.78, 5) is 11.5. The summed E-state index contributed by atoms with van der Waals surface area (Å²) in [6, 6.07) is 8.64. The van der Waals surface area contributed by atoms with Crippen LogP contribution in [0.5, 0.6) is 0 Å². The van der Waals surface area contributed by atoms with E-state index in [2.05, 4.69) is 59.2 Å². The average molecular weight is 379 g/mol.